The second-order valence-corrected chi connectivity index (χ2v) is 21.4. The van der Waals surface area contributed by atoms with Gasteiger partial charge in [-0.15, -0.1) is 0 Å². The first-order valence-corrected chi connectivity index (χ1v) is 30.5. The van der Waals surface area contributed by atoms with Crippen LogP contribution in [-0.4, -0.2) is 110 Å². The van der Waals surface area contributed by atoms with Crippen molar-refractivity contribution >= 4 is 5.91 Å². The molecule has 11 heteroatoms. The van der Waals surface area contributed by atoms with E-state index < -0.39 is 74.2 Å². The molecule has 428 valence electrons. The van der Waals surface area contributed by atoms with E-state index in [-0.39, 0.29) is 12.8 Å². The van der Waals surface area contributed by atoms with Gasteiger partial charge in [-0.1, -0.05) is 229 Å². The van der Waals surface area contributed by atoms with Gasteiger partial charge in [-0.05, 0) is 89.9 Å². The fraction of sp³-hybridized carbons (Fsp3) is 0.855. The second-order valence-electron chi connectivity index (χ2n) is 21.4. The number of unbranched alkanes of at least 4 members (excludes halogenated alkanes) is 32. The molecular formula is C62H115NO10. The maximum absolute atomic E-state index is 13.2. The average Bonchev–Trinajstić information content (AvgIpc) is 3.39. The lowest BCUT2D eigenvalue weighted by atomic mass is 9.98. The Kier molecular flexibility index (Phi) is 48.1. The fourth-order valence-corrected chi connectivity index (χ4v) is 9.59. The summed E-state index contributed by atoms with van der Waals surface area (Å²) in [6.45, 7) is 3.45. The number of allylic oxidation sites excluding steroid dienone is 8. The summed E-state index contributed by atoms with van der Waals surface area (Å²) in [5.74, 6) is -0.712. The van der Waals surface area contributed by atoms with Crippen molar-refractivity contribution < 1.29 is 50.0 Å². The Labute approximate surface area is 447 Å². The van der Waals surface area contributed by atoms with Gasteiger partial charge in [-0.3, -0.25) is 4.79 Å². The van der Waals surface area contributed by atoms with Crippen LogP contribution in [0.4, 0.5) is 0 Å². The molecule has 9 unspecified atom stereocenters. The van der Waals surface area contributed by atoms with Crippen LogP contribution in [0.3, 0.4) is 0 Å². The molecule has 11 nitrogen and oxygen atoms in total. The Balaban J connectivity index is 2.30. The van der Waals surface area contributed by atoms with E-state index in [1.165, 1.54) is 180 Å². The van der Waals surface area contributed by atoms with Crippen LogP contribution in [0.15, 0.2) is 48.6 Å². The molecule has 1 heterocycles. The molecule has 0 saturated carbocycles. The highest BCUT2D eigenvalue weighted by atomic mass is 16.7. The van der Waals surface area contributed by atoms with Gasteiger partial charge in [0.05, 0.1) is 25.4 Å². The van der Waals surface area contributed by atoms with Gasteiger partial charge in [-0.25, -0.2) is 0 Å². The molecule has 0 aromatic carbocycles. The van der Waals surface area contributed by atoms with Gasteiger partial charge in [0.1, 0.15) is 36.6 Å². The van der Waals surface area contributed by atoms with E-state index in [9.17, 15) is 40.5 Å². The van der Waals surface area contributed by atoms with Crippen molar-refractivity contribution in [1.82, 2.24) is 5.32 Å². The lowest BCUT2D eigenvalue weighted by Crippen LogP contribution is -2.60. The summed E-state index contributed by atoms with van der Waals surface area (Å²) < 4.78 is 11.1. The molecule has 0 aromatic heterocycles. The summed E-state index contributed by atoms with van der Waals surface area (Å²) in [6, 6.07) is -1.20. The predicted molar refractivity (Wildman–Crippen MR) is 302 cm³/mol. The Morgan fingerprint density at radius 1 is 0.466 bits per heavy atom. The van der Waals surface area contributed by atoms with Gasteiger partial charge < -0.3 is 50.5 Å². The smallest absolute Gasteiger partial charge is 0.249 e. The van der Waals surface area contributed by atoms with Crippen LogP contribution in [0.25, 0.3) is 0 Å². The van der Waals surface area contributed by atoms with E-state index in [1.54, 1.807) is 0 Å². The Hall–Kier alpha value is -1.93. The van der Waals surface area contributed by atoms with E-state index in [1.807, 2.05) is 0 Å². The topological polar surface area (TPSA) is 189 Å². The third kappa shape index (κ3) is 39.1. The highest BCUT2D eigenvalue weighted by Gasteiger charge is 2.44. The molecule has 1 amide bonds. The van der Waals surface area contributed by atoms with Crippen molar-refractivity contribution in [2.75, 3.05) is 13.2 Å². The van der Waals surface area contributed by atoms with Crippen molar-refractivity contribution in [3.63, 3.8) is 0 Å². The minimum Gasteiger partial charge on any atom is -0.394 e. The minimum atomic E-state index is -1.67. The quantitative estimate of drug-likeness (QED) is 0.0215. The van der Waals surface area contributed by atoms with Crippen molar-refractivity contribution in [2.45, 2.75) is 326 Å². The van der Waals surface area contributed by atoms with Gasteiger partial charge in [-0.2, -0.15) is 0 Å². The highest BCUT2D eigenvalue weighted by Crippen LogP contribution is 2.23. The van der Waals surface area contributed by atoms with Crippen molar-refractivity contribution in [3.05, 3.63) is 48.6 Å². The van der Waals surface area contributed by atoms with E-state index in [2.05, 4.69) is 67.8 Å². The number of aliphatic hydroxyl groups excluding tert-OH is 7. The van der Waals surface area contributed by atoms with Gasteiger partial charge in [0.2, 0.25) is 5.91 Å². The summed E-state index contributed by atoms with van der Waals surface area (Å²) in [5.41, 5.74) is 0. The summed E-state index contributed by atoms with van der Waals surface area (Å²) in [5, 5.41) is 76.2. The molecule has 1 aliphatic heterocycles. The van der Waals surface area contributed by atoms with Crippen molar-refractivity contribution in [3.8, 4) is 0 Å². The highest BCUT2D eigenvalue weighted by molar-refractivity contribution is 5.80. The fourth-order valence-electron chi connectivity index (χ4n) is 9.59. The number of aliphatic hydroxyl groups is 7. The standard InChI is InChI=1S/C62H115NO10/c1-3-5-7-9-11-13-15-17-19-21-23-24-25-26-27-28-29-30-32-34-36-38-40-42-44-46-48-50-55(66)61(71)63-53(52-72-62-60(70)59(69)58(68)56(51-64)73-62)57(67)54(65)49-47-45-43-41-39-37-35-33-31-22-20-18-16-14-12-10-8-6-4-2/h18,20,26-27,33,35,41,43,53-60,62,64-70H,3-17,19,21-25,28-32,34,36-40,42,44-52H2,1-2H3,(H,63,71)/b20-18+,27-26-,35-33+,43-41+. The third-order valence-electron chi connectivity index (χ3n) is 14.6. The molecule has 0 radical (unpaired) electrons. The molecule has 1 fully saturated rings. The molecule has 73 heavy (non-hydrogen) atoms. The number of rotatable bonds is 52. The monoisotopic (exact) mass is 1030 g/mol. The number of amides is 1. The Morgan fingerprint density at radius 2 is 0.822 bits per heavy atom. The maximum atomic E-state index is 13.2. The first kappa shape index (κ1) is 69.1. The van der Waals surface area contributed by atoms with Gasteiger partial charge in [0.25, 0.3) is 0 Å². The average molecular weight is 1030 g/mol. The minimum absolute atomic E-state index is 0.240. The number of hydrogen-bond donors (Lipinski definition) is 8. The number of ether oxygens (including phenoxy) is 2. The summed E-state index contributed by atoms with van der Waals surface area (Å²) in [6.07, 6.45) is 53.1. The van der Waals surface area contributed by atoms with Crippen LogP contribution in [0.5, 0.6) is 0 Å². The summed E-state index contributed by atoms with van der Waals surface area (Å²) >= 11 is 0. The van der Waals surface area contributed by atoms with Crippen LogP contribution in [0.1, 0.15) is 271 Å². The summed E-state index contributed by atoms with van der Waals surface area (Å²) in [7, 11) is 0. The lowest BCUT2D eigenvalue weighted by molar-refractivity contribution is -0.303. The molecule has 1 rings (SSSR count). The van der Waals surface area contributed by atoms with E-state index in [4.69, 9.17) is 9.47 Å². The molecule has 1 saturated heterocycles. The van der Waals surface area contributed by atoms with Crippen LogP contribution < -0.4 is 5.32 Å². The van der Waals surface area contributed by atoms with Crippen molar-refractivity contribution in [1.29, 1.82) is 0 Å². The number of carbonyl (C=O) groups excluding carboxylic acids is 1. The van der Waals surface area contributed by atoms with Crippen LogP contribution in [0, 0.1) is 0 Å². The molecular weight excluding hydrogens is 919 g/mol. The first-order chi connectivity index (χ1) is 35.7. The first-order valence-electron chi connectivity index (χ1n) is 30.5. The Morgan fingerprint density at radius 3 is 1.22 bits per heavy atom. The zero-order valence-corrected chi connectivity index (χ0v) is 46.9. The SMILES string of the molecule is CCCCCCCC/C=C/CC/C=C/CC/C=C/CCCC(O)C(O)C(COC1OC(CO)C(O)C(O)C1O)NC(=O)C(O)CCCCCCCCCCCCC/C=C\CCCCCCCCCCCCCC. The molecule has 1 aliphatic rings. The molecule has 8 N–H and O–H groups in total. The molecule has 9 atom stereocenters. The Bertz CT molecular complexity index is 1320. The van der Waals surface area contributed by atoms with Crippen LogP contribution >= 0.6 is 0 Å². The van der Waals surface area contributed by atoms with Gasteiger partial charge >= 0.3 is 0 Å². The maximum Gasteiger partial charge on any atom is 0.249 e. The number of hydrogen-bond acceptors (Lipinski definition) is 10. The largest absolute Gasteiger partial charge is 0.394 e. The number of nitrogens with one attached hydrogen (secondary N) is 1. The zero-order chi connectivity index (χ0) is 53.3. The molecule has 0 bridgehead atoms. The molecule has 0 spiro atoms. The number of carbonyl (C=O) groups is 1. The molecule has 0 aliphatic carbocycles. The van der Waals surface area contributed by atoms with Gasteiger partial charge in [0.15, 0.2) is 6.29 Å². The van der Waals surface area contributed by atoms with Crippen LogP contribution in [0.2, 0.25) is 0 Å². The predicted octanol–water partition coefficient (Wildman–Crippen LogP) is 13.2. The lowest BCUT2D eigenvalue weighted by Gasteiger charge is -2.40. The van der Waals surface area contributed by atoms with E-state index in [0.717, 1.165) is 44.9 Å². The van der Waals surface area contributed by atoms with Crippen LogP contribution in [-0.2, 0) is 14.3 Å². The van der Waals surface area contributed by atoms with E-state index >= 15 is 0 Å². The summed E-state index contributed by atoms with van der Waals surface area (Å²) in [4.78, 5) is 13.2. The van der Waals surface area contributed by atoms with Crippen molar-refractivity contribution in [2.24, 2.45) is 0 Å². The van der Waals surface area contributed by atoms with Gasteiger partial charge in [0, 0.05) is 0 Å². The van der Waals surface area contributed by atoms with E-state index in [0.29, 0.717) is 19.3 Å². The zero-order valence-electron chi connectivity index (χ0n) is 46.9. The third-order valence-corrected chi connectivity index (χ3v) is 14.6. The normalized spacial score (nSPS) is 20.3. The second kappa shape index (κ2) is 50.9. The molecule has 0 aromatic rings.